The molecule has 1 aliphatic rings. The lowest BCUT2D eigenvalue weighted by Crippen LogP contribution is -2.27. The number of nitrogens with one attached hydrogen (secondary N) is 2. The van der Waals surface area contributed by atoms with E-state index in [0.717, 1.165) is 30.2 Å². The van der Waals surface area contributed by atoms with Crippen LogP contribution in [0.3, 0.4) is 0 Å². The van der Waals surface area contributed by atoms with Crippen LogP contribution in [0.25, 0.3) is 0 Å². The minimum Gasteiger partial charge on any atom is -0.307 e. The number of rotatable bonds is 3. The molecule has 0 amide bonds. The summed E-state index contributed by atoms with van der Waals surface area (Å²) in [6.45, 7) is 1.04. The van der Waals surface area contributed by atoms with Gasteiger partial charge in [-0.15, -0.1) is 0 Å². The first kappa shape index (κ1) is 13.9. The molecule has 0 bridgehead atoms. The van der Waals surface area contributed by atoms with Gasteiger partial charge in [0.2, 0.25) is 0 Å². The van der Waals surface area contributed by atoms with Crippen LogP contribution in [0.1, 0.15) is 42.5 Å². The van der Waals surface area contributed by atoms with E-state index < -0.39 is 0 Å². The molecule has 0 spiro atoms. The van der Waals surface area contributed by atoms with Crippen molar-refractivity contribution in [3.8, 4) is 0 Å². The summed E-state index contributed by atoms with van der Waals surface area (Å²) in [5.41, 5.74) is 0.957. The molecule has 20 heavy (non-hydrogen) atoms. The van der Waals surface area contributed by atoms with Gasteiger partial charge in [-0.1, -0.05) is 41.8 Å². The molecule has 2 aromatic rings. The summed E-state index contributed by atoms with van der Waals surface area (Å²) >= 11 is 12.2. The molecule has 1 unspecified atom stereocenters. The van der Waals surface area contributed by atoms with E-state index in [9.17, 15) is 0 Å². The van der Waals surface area contributed by atoms with Crippen LogP contribution in [0, 0.1) is 0 Å². The molecule has 1 atom stereocenters. The predicted molar refractivity (Wildman–Crippen MR) is 80.2 cm³/mol. The van der Waals surface area contributed by atoms with Gasteiger partial charge in [0, 0.05) is 6.42 Å². The fourth-order valence-corrected chi connectivity index (χ4v) is 2.87. The Morgan fingerprint density at radius 3 is 2.95 bits per heavy atom. The van der Waals surface area contributed by atoms with Crippen molar-refractivity contribution < 1.29 is 0 Å². The summed E-state index contributed by atoms with van der Waals surface area (Å²) in [6.07, 6.45) is 4.15. The molecule has 4 nitrogen and oxygen atoms in total. The van der Waals surface area contributed by atoms with E-state index >= 15 is 0 Å². The molecule has 2 heterocycles. The lowest BCUT2D eigenvalue weighted by Gasteiger charge is -2.20. The fourth-order valence-electron chi connectivity index (χ4n) is 2.48. The third-order valence-electron chi connectivity index (χ3n) is 3.56. The van der Waals surface area contributed by atoms with E-state index in [4.69, 9.17) is 23.2 Å². The maximum absolute atomic E-state index is 6.19. The van der Waals surface area contributed by atoms with Gasteiger partial charge in [-0.25, -0.2) is 4.98 Å². The highest BCUT2D eigenvalue weighted by Gasteiger charge is 2.19. The van der Waals surface area contributed by atoms with Crippen LogP contribution in [0.5, 0.6) is 0 Å². The zero-order valence-corrected chi connectivity index (χ0v) is 12.5. The van der Waals surface area contributed by atoms with Crippen molar-refractivity contribution in [3.63, 3.8) is 0 Å². The Kier molecular flexibility index (Phi) is 4.24. The number of H-pyrrole nitrogens is 1. The monoisotopic (exact) mass is 310 g/mol. The van der Waals surface area contributed by atoms with Gasteiger partial charge in [0.15, 0.2) is 5.82 Å². The Morgan fingerprint density at radius 1 is 1.25 bits per heavy atom. The second kappa shape index (κ2) is 6.12. The molecule has 1 fully saturated rings. The Balaban J connectivity index is 1.75. The minimum atomic E-state index is 0.267. The normalized spacial score (nSPS) is 19.2. The van der Waals surface area contributed by atoms with Crippen LogP contribution < -0.4 is 5.32 Å². The summed E-state index contributed by atoms with van der Waals surface area (Å²) in [4.78, 5) is 4.57. The van der Waals surface area contributed by atoms with Gasteiger partial charge in [0.05, 0.1) is 16.1 Å². The molecule has 1 aliphatic heterocycles. The van der Waals surface area contributed by atoms with Crippen molar-refractivity contribution >= 4 is 23.2 Å². The third kappa shape index (κ3) is 2.97. The maximum atomic E-state index is 6.19. The SMILES string of the molecule is Clc1cccc(Cc2nc(C3CCCCN3)n[nH]2)c1Cl. The van der Waals surface area contributed by atoms with Crippen LogP contribution in [-0.2, 0) is 6.42 Å². The molecule has 106 valence electrons. The van der Waals surface area contributed by atoms with Crippen LogP contribution in [0.2, 0.25) is 10.0 Å². The van der Waals surface area contributed by atoms with Crippen LogP contribution >= 0.6 is 23.2 Å². The summed E-state index contributed by atoms with van der Waals surface area (Å²) in [5.74, 6) is 1.66. The van der Waals surface area contributed by atoms with Gasteiger partial charge in [0.1, 0.15) is 5.82 Å². The lowest BCUT2D eigenvalue weighted by atomic mass is 10.0. The van der Waals surface area contributed by atoms with Gasteiger partial charge >= 0.3 is 0 Å². The Hall–Kier alpha value is -1.10. The molecule has 0 aliphatic carbocycles. The first-order valence-corrected chi connectivity index (χ1v) is 7.57. The molecule has 0 saturated carbocycles. The number of aromatic nitrogens is 3. The van der Waals surface area contributed by atoms with E-state index in [-0.39, 0.29) is 6.04 Å². The predicted octanol–water partition coefficient (Wildman–Crippen LogP) is 3.52. The fraction of sp³-hybridized carbons (Fsp3) is 0.429. The second-order valence-electron chi connectivity index (χ2n) is 5.03. The number of benzene rings is 1. The van der Waals surface area contributed by atoms with E-state index in [1.807, 2.05) is 12.1 Å². The highest BCUT2D eigenvalue weighted by atomic mass is 35.5. The van der Waals surface area contributed by atoms with Crippen molar-refractivity contribution in [3.05, 3.63) is 45.5 Å². The molecular formula is C14H16Cl2N4. The standard InChI is InChI=1S/C14H16Cl2N4/c15-10-5-3-4-9(13(10)16)8-12-18-14(20-19-12)11-6-1-2-7-17-11/h3-5,11,17H,1-2,6-8H2,(H,18,19,20). The Labute approximate surface area is 127 Å². The largest absolute Gasteiger partial charge is 0.307 e. The molecule has 1 aromatic heterocycles. The van der Waals surface area contributed by atoms with Crippen molar-refractivity contribution in [2.24, 2.45) is 0 Å². The zero-order chi connectivity index (χ0) is 13.9. The number of aromatic amines is 1. The van der Waals surface area contributed by atoms with Crippen molar-refractivity contribution in [1.82, 2.24) is 20.5 Å². The van der Waals surface area contributed by atoms with Crippen LogP contribution in [-0.4, -0.2) is 21.7 Å². The van der Waals surface area contributed by atoms with Crippen molar-refractivity contribution in [1.29, 1.82) is 0 Å². The van der Waals surface area contributed by atoms with Crippen LogP contribution in [0.15, 0.2) is 18.2 Å². The molecule has 1 aromatic carbocycles. The molecule has 3 rings (SSSR count). The minimum absolute atomic E-state index is 0.267. The molecule has 0 radical (unpaired) electrons. The first-order chi connectivity index (χ1) is 9.74. The highest BCUT2D eigenvalue weighted by Crippen LogP contribution is 2.27. The number of halogens is 2. The smallest absolute Gasteiger partial charge is 0.167 e. The number of nitrogens with zero attached hydrogens (tertiary/aromatic N) is 2. The quantitative estimate of drug-likeness (QED) is 0.912. The van der Waals surface area contributed by atoms with Gasteiger partial charge in [-0.05, 0) is 31.0 Å². The first-order valence-electron chi connectivity index (χ1n) is 6.81. The van der Waals surface area contributed by atoms with Crippen LogP contribution in [0.4, 0.5) is 0 Å². The van der Waals surface area contributed by atoms with Gasteiger partial charge < -0.3 is 5.32 Å². The summed E-state index contributed by atoms with van der Waals surface area (Å²) in [5, 5.41) is 11.9. The van der Waals surface area contributed by atoms with Gasteiger partial charge in [-0.3, -0.25) is 5.10 Å². The maximum Gasteiger partial charge on any atom is 0.167 e. The number of piperidine rings is 1. The molecule has 2 N–H and O–H groups in total. The molecule has 1 saturated heterocycles. The van der Waals surface area contributed by atoms with Gasteiger partial charge in [-0.2, -0.15) is 5.10 Å². The molecular weight excluding hydrogens is 295 g/mol. The average Bonchev–Trinajstić information content (AvgIpc) is 2.93. The number of hydrogen-bond donors (Lipinski definition) is 2. The second-order valence-corrected chi connectivity index (χ2v) is 5.82. The van der Waals surface area contributed by atoms with E-state index in [0.29, 0.717) is 16.5 Å². The Morgan fingerprint density at radius 2 is 2.15 bits per heavy atom. The summed E-state index contributed by atoms with van der Waals surface area (Å²) in [6, 6.07) is 5.90. The number of hydrogen-bond acceptors (Lipinski definition) is 3. The third-order valence-corrected chi connectivity index (χ3v) is 4.42. The zero-order valence-electron chi connectivity index (χ0n) is 11.0. The lowest BCUT2D eigenvalue weighted by molar-refractivity contribution is 0.398. The van der Waals surface area contributed by atoms with Crippen molar-refractivity contribution in [2.45, 2.75) is 31.7 Å². The van der Waals surface area contributed by atoms with Gasteiger partial charge in [0.25, 0.3) is 0 Å². The topological polar surface area (TPSA) is 53.6 Å². The van der Waals surface area contributed by atoms with E-state index in [2.05, 4.69) is 20.5 Å². The average molecular weight is 311 g/mol. The van der Waals surface area contributed by atoms with E-state index in [1.165, 1.54) is 12.8 Å². The summed E-state index contributed by atoms with van der Waals surface area (Å²) < 4.78 is 0. The molecule has 6 heteroatoms. The van der Waals surface area contributed by atoms with Crippen molar-refractivity contribution in [2.75, 3.05) is 6.54 Å². The highest BCUT2D eigenvalue weighted by molar-refractivity contribution is 6.42. The Bertz CT molecular complexity index is 591. The van der Waals surface area contributed by atoms with E-state index in [1.54, 1.807) is 6.07 Å². The summed E-state index contributed by atoms with van der Waals surface area (Å²) in [7, 11) is 0.